The highest BCUT2D eigenvalue weighted by Gasteiger charge is 2.37. The van der Waals surface area contributed by atoms with Crippen molar-refractivity contribution in [3.8, 4) is 5.75 Å². The molecule has 0 spiro atoms. The molecule has 0 saturated heterocycles. The van der Waals surface area contributed by atoms with Gasteiger partial charge in [-0.2, -0.15) is 0 Å². The number of Topliss-reactive ketones (excluding diaryl/α,β-unsaturated/α-hetero) is 2. The zero-order valence-corrected chi connectivity index (χ0v) is 12.1. The Morgan fingerprint density at radius 1 is 1.19 bits per heavy atom. The summed E-state index contributed by atoms with van der Waals surface area (Å²) in [7, 11) is 0. The number of ketones is 2. The molecule has 0 fully saturated rings. The van der Waals surface area contributed by atoms with Gasteiger partial charge < -0.3 is 14.9 Å². The minimum atomic E-state index is -0.729. The average Bonchev–Trinajstić information content (AvgIpc) is 2.41. The molecule has 5 nitrogen and oxygen atoms in total. The first-order chi connectivity index (χ1) is 9.82. The normalized spacial score (nSPS) is 24.9. The molecule has 21 heavy (non-hydrogen) atoms. The van der Waals surface area contributed by atoms with Gasteiger partial charge in [0.15, 0.2) is 0 Å². The van der Waals surface area contributed by atoms with E-state index < -0.39 is 11.6 Å². The van der Waals surface area contributed by atoms with Crippen molar-refractivity contribution in [2.24, 2.45) is 0 Å². The molecule has 0 unspecified atom stereocenters. The highest BCUT2D eigenvalue weighted by molar-refractivity contribution is 6.52. The lowest BCUT2D eigenvalue weighted by atomic mass is 9.82. The van der Waals surface area contributed by atoms with Crippen LogP contribution in [0.25, 0.3) is 5.76 Å². The first-order valence-electron chi connectivity index (χ1n) is 6.86. The van der Waals surface area contributed by atoms with Crippen LogP contribution >= 0.6 is 0 Å². The van der Waals surface area contributed by atoms with E-state index in [1.807, 2.05) is 13.8 Å². The van der Waals surface area contributed by atoms with Gasteiger partial charge in [0, 0.05) is 16.7 Å². The zero-order valence-electron chi connectivity index (χ0n) is 12.1. The SMILES string of the molecule is CC1=C(O)c2c(cc3c(c2O)[C@H](C)O[C@@H](C)C3)C(=O)C1=O. The number of hydrogen-bond donors (Lipinski definition) is 2. The van der Waals surface area contributed by atoms with Crippen LogP contribution in [-0.4, -0.2) is 27.9 Å². The molecule has 0 amide bonds. The van der Waals surface area contributed by atoms with E-state index in [-0.39, 0.29) is 40.4 Å². The fourth-order valence-electron chi connectivity index (χ4n) is 3.14. The van der Waals surface area contributed by atoms with Crippen molar-refractivity contribution in [3.63, 3.8) is 0 Å². The Bertz CT molecular complexity index is 714. The quantitative estimate of drug-likeness (QED) is 0.716. The molecule has 1 aliphatic carbocycles. The molecule has 0 aromatic heterocycles. The van der Waals surface area contributed by atoms with Crippen LogP contribution in [0.5, 0.6) is 5.75 Å². The van der Waals surface area contributed by atoms with Crippen molar-refractivity contribution in [1.29, 1.82) is 0 Å². The number of fused-ring (bicyclic) bond motifs is 2. The molecular formula is C16H16O5. The van der Waals surface area contributed by atoms with Crippen molar-refractivity contribution < 1.29 is 24.5 Å². The molecule has 3 rings (SSSR count). The number of carbonyl (C=O) groups excluding carboxylic acids is 2. The lowest BCUT2D eigenvalue weighted by Gasteiger charge is -2.31. The number of rotatable bonds is 0. The lowest BCUT2D eigenvalue weighted by molar-refractivity contribution is -0.111. The van der Waals surface area contributed by atoms with Gasteiger partial charge in [-0.15, -0.1) is 0 Å². The fourth-order valence-corrected chi connectivity index (χ4v) is 3.14. The van der Waals surface area contributed by atoms with Gasteiger partial charge in [0.2, 0.25) is 11.6 Å². The van der Waals surface area contributed by atoms with Crippen molar-refractivity contribution in [2.45, 2.75) is 39.4 Å². The van der Waals surface area contributed by atoms with E-state index in [0.29, 0.717) is 12.0 Å². The molecule has 5 heteroatoms. The van der Waals surface area contributed by atoms with Gasteiger partial charge in [-0.3, -0.25) is 9.59 Å². The molecule has 2 N–H and O–H groups in total. The minimum Gasteiger partial charge on any atom is -0.507 e. The number of phenols is 1. The van der Waals surface area contributed by atoms with Crippen molar-refractivity contribution in [1.82, 2.24) is 0 Å². The largest absolute Gasteiger partial charge is 0.507 e. The van der Waals surface area contributed by atoms with Gasteiger partial charge in [0.25, 0.3) is 0 Å². The summed E-state index contributed by atoms with van der Waals surface area (Å²) in [5.41, 5.74) is 1.43. The maximum atomic E-state index is 12.1. The van der Waals surface area contributed by atoms with Gasteiger partial charge in [-0.25, -0.2) is 0 Å². The van der Waals surface area contributed by atoms with Crippen LogP contribution in [0.3, 0.4) is 0 Å². The standard InChI is InChI=1S/C16H16O5/c1-6-4-9-5-10-12(16(20)11(9)8(3)21-6)13(17)7(2)14(18)15(10)19/h5-6,8,17,20H,4H2,1-3H3/t6-,8-/m0/s1. The maximum Gasteiger partial charge on any atom is 0.234 e. The molecule has 1 heterocycles. The van der Waals surface area contributed by atoms with E-state index in [0.717, 1.165) is 5.56 Å². The number of phenolic OH excluding ortho intramolecular Hbond substituents is 1. The number of carbonyl (C=O) groups is 2. The summed E-state index contributed by atoms with van der Waals surface area (Å²) < 4.78 is 5.68. The van der Waals surface area contributed by atoms with Crippen molar-refractivity contribution in [3.05, 3.63) is 33.9 Å². The second-order valence-corrected chi connectivity index (χ2v) is 5.65. The Labute approximate surface area is 121 Å². The van der Waals surface area contributed by atoms with Crippen LogP contribution in [-0.2, 0) is 16.0 Å². The molecule has 110 valence electrons. The third kappa shape index (κ3) is 1.81. The number of ether oxygens (including phenoxy) is 1. The van der Waals surface area contributed by atoms with Crippen LogP contribution in [0, 0.1) is 0 Å². The Hall–Kier alpha value is -2.14. The Morgan fingerprint density at radius 3 is 2.52 bits per heavy atom. The Balaban J connectivity index is 2.34. The minimum absolute atomic E-state index is 0.0368. The molecule has 0 radical (unpaired) electrons. The Kier molecular flexibility index (Phi) is 2.92. The number of aliphatic hydroxyl groups is 1. The van der Waals surface area contributed by atoms with Gasteiger partial charge in [0.05, 0.1) is 17.8 Å². The summed E-state index contributed by atoms with van der Waals surface area (Å²) in [6.07, 6.45) is 0.172. The van der Waals surface area contributed by atoms with E-state index in [9.17, 15) is 19.8 Å². The predicted molar refractivity (Wildman–Crippen MR) is 75.3 cm³/mol. The number of hydrogen-bond acceptors (Lipinski definition) is 5. The van der Waals surface area contributed by atoms with Gasteiger partial charge in [0.1, 0.15) is 11.5 Å². The summed E-state index contributed by atoms with van der Waals surface area (Å²) in [4.78, 5) is 24.0. The van der Waals surface area contributed by atoms with E-state index in [1.54, 1.807) is 6.07 Å². The fraction of sp³-hybridized carbons (Fsp3) is 0.375. The van der Waals surface area contributed by atoms with Gasteiger partial charge >= 0.3 is 0 Å². The summed E-state index contributed by atoms with van der Waals surface area (Å²) in [5, 5.41) is 20.6. The van der Waals surface area contributed by atoms with Crippen LogP contribution in [0.15, 0.2) is 11.6 Å². The summed E-state index contributed by atoms with van der Waals surface area (Å²) in [6, 6.07) is 1.60. The van der Waals surface area contributed by atoms with Crippen molar-refractivity contribution >= 4 is 17.3 Å². The summed E-state index contributed by atoms with van der Waals surface area (Å²) in [6.45, 7) is 5.09. The second kappa shape index (κ2) is 4.43. The van der Waals surface area contributed by atoms with E-state index in [4.69, 9.17) is 4.74 Å². The highest BCUT2D eigenvalue weighted by atomic mass is 16.5. The van der Waals surface area contributed by atoms with Crippen molar-refractivity contribution in [2.75, 3.05) is 0 Å². The van der Waals surface area contributed by atoms with E-state index >= 15 is 0 Å². The first kappa shape index (κ1) is 13.8. The third-order valence-electron chi connectivity index (χ3n) is 4.16. The molecular weight excluding hydrogens is 272 g/mol. The topological polar surface area (TPSA) is 83.8 Å². The second-order valence-electron chi connectivity index (χ2n) is 5.65. The molecule has 2 aliphatic rings. The monoisotopic (exact) mass is 288 g/mol. The molecule has 1 aromatic carbocycles. The van der Waals surface area contributed by atoms with Crippen LogP contribution in [0.2, 0.25) is 0 Å². The number of allylic oxidation sites excluding steroid dienone is 1. The molecule has 0 saturated carbocycles. The van der Waals surface area contributed by atoms with E-state index in [2.05, 4.69) is 0 Å². The highest BCUT2D eigenvalue weighted by Crippen LogP contribution is 2.44. The molecule has 0 bridgehead atoms. The number of aromatic hydroxyl groups is 1. The molecule has 1 aromatic rings. The third-order valence-corrected chi connectivity index (χ3v) is 4.16. The van der Waals surface area contributed by atoms with Crippen LogP contribution < -0.4 is 0 Å². The molecule has 1 aliphatic heterocycles. The number of benzene rings is 1. The summed E-state index contributed by atoms with van der Waals surface area (Å²) in [5.74, 6) is -1.92. The van der Waals surface area contributed by atoms with Gasteiger partial charge in [-0.05, 0) is 38.8 Å². The summed E-state index contributed by atoms with van der Waals surface area (Å²) >= 11 is 0. The van der Waals surface area contributed by atoms with E-state index in [1.165, 1.54) is 6.92 Å². The van der Waals surface area contributed by atoms with Crippen LogP contribution in [0.4, 0.5) is 0 Å². The lowest BCUT2D eigenvalue weighted by Crippen LogP contribution is -2.27. The predicted octanol–water partition coefficient (Wildman–Crippen LogP) is 2.47. The Morgan fingerprint density at radius 2 is 1.86 bits per heavy atom. The van der Waals surface area contributed by atoms with Gasteiger partial charge in [-0.1, -0.05) is 0 Å². The number of aliphatic hydroxyl groups excluding tert-OH is 1. The average molecular weight is 288 g/mol. The molecule has 2 atom stereocenters. The van der Waals surface area contributed by atoms with Crippen LogP contribution in [0.1, 0.15) is 53.9 Å². The smallest absolute Gasteiger partial charge is 0.234 e. The maximum absolute atomic E-state index is 12.1. The zero-order chi connectivity index (χ0) is 15.5. The first-order valence-corrected chi connectivity index (χ1v) is 6.86.